The van der Waals surface area contributed by atoms with Gasteiger partial charge < -0.3 is 0 Å². The van der Waals surface area contributed by atoms with Crippen LogP contribution in [0.25, 0.3) is 4.91 Å². The lowest BCUT2D eigenvalue weighted by Gasteiger charge is -2.14. The van der Waals surface area contributed by atoms with E-state index < -0.39 is 0 Å². The van der Waals surface area contributed by atoms with Gasteiger partial charge in [-0.05, 0) is 19.4 Å². The topological polar surface area (TPSA) is 9.23 Å². The van der Waals surface area contributed by atoms with Crippen molar-refractivity contribution in [3.05, 3.63) is 40.9 Å². The first kappa shape index (κ1) is 10.1. The summed E-state index contributed by atoms with van der Waals surface area (Å²) in [6.45, 7) is 3.94. The van der Waals surface area contributed by atoms with Crippen molar-refractivity contribution in [2.45, 2.75) is 19.4 Å². The van der Waals surface area contributed by atoms with Crippen LogP contribution in [0.3, 0.4) is 0 Å². The summed E-state index contributed by atoms with van der Waals surface area (Å²) in [7, 11) is 0. The predicted molar refractivity (Wildman–Crippen MR) is 62.0 cm³/mol. The van der Waals surface area contributed by atoms with E-state index in [1.807, 2.05) is 44.2 Å². The van der Waals surface area contributed by atoms with Crippen LogP contribution < -0.4 is 0 Å². The van der Waals surface area contributed by atoms with Crippen LogP contribution >= 0.6 is 23.6 Å². The Hall–Kier alpha value is -0.440. The monoisotopic (exact) mass is 226 g/mol. The highest BCUT2D eigenvalue weighted by atomic mass is 35.5. The van der Waals surface area contributed by atoms with Crippen molar-refractivity contribution in [3.8, 4) is 0 Å². The second-order valence-corrected chi connectivity index (χ2v) is 4.81. The molecule has 1 nitrogen and oxygen atoms in total. The molecule has 0 saturated carbocycles. The van der Waals surface area contributed by atoms with E-state index in [9.17, 15) is 0 Å². The third kappa shape index (κ3) is 1.70. The van der Waals surface area contributed by atoms with Gasteiger partial charge in [0.25, 0.3) is 0 Å². The van der Waals surface area contributed by atoms with Crippen LogP contribution in [-0.2, 0) is 4.18 Å². The summed E-state index contributed by atoms with van der Waals surface area (Å²) < 4.78 is 5.53. The van der Waals surface area contributed by atoms with Crippen LogP contribution in [0.15, 0.2) is 35.4 Å². The van der Waals surface area contributed by atoms with Crippen molar-refractivity contribution in [1.82, 2.24) is 0 Å². The summed E-state index contributed by atoms with van der Waals surface area (Å²) >= 11 is 7.60. The number of benzene rings is 1. The Balaban J connectivity index is 2.42. The van der Waals surface area contributed by atoms with Crippen LogP contribution in [0.5, 0.6) is 0 Å². The van der Waals surface area contributed by atoms with Gasteiger partial charge in [0.2, 0.25) is 0 Å². The minimum Gasteiger partial charge on any atom is -0.298 e. The fraction of sp³-hybridized carbons (Fsp3) is 0.273. The Morgan fingerprint density at radius 3 is 2.36 bits per heavy atom. The van der Waals surface area contributed by atoms with E-state index in [1.165, 1.54) is 12.0 Å². The third-order valence-electron chi connectivity index (χ3n) is 2.10. The standard InChI is InChI=1S/C11H11ClOS/c1-11(2)10(12)9(14-13-11)8-6-4-3-5-7-8/h3-7H,1-2H3. The van der Waals surface area contributed by atoms with Gasteiger partial charge in [0, 0.05) is 12.0 Å². The van der Waals surface area contributed by atoms with Crippen LogP contribution in [0.2, 0.25) is 0 Å². The molecular formula is C11H11ClOS. The Kier molecular flexibility index (Phi) is 2.60. The summed E-state index contributed by atoms with van der Waals surface area (Å²) in [5, 5.41) is 0.786. The van der Waals surface area contributed by atoms with Crippen molar-refractivity contribution >= 4 is 28.5 Å². The summed E-state index contributed by atoms with van der Waals surface area (Å²) in [6.07, 6.45) is 0. The van der Waals surface area contributed by atoms with Crippen LogP contribution in [-0.4, -0.2) is 5.60 Å². The van der Waals surface area contributed by atoms with Gasteiger partial charge in [0.1, 0.15) is 5.60 Å². The molecule has 0 radical (unpaired) electrons. The molecule has 0 bridgehead atoms. The quantitative estimate of drug-likeness (QED) is 0.669. The van der Waals surface area contributed by atoms with Crippen molar-refractivity contribution in [2.75, 3.05) is 0 Å². The van der Waals surface area contributed by atoms with Gasteiger partial charge in [-0.15, -0.1) is 0 Å². The SMILES string of the molecule is CC1(C)OSC(c2ccccc2)=C1Cl. The molecule has 3 heteroatoms. The minimum absolute atomic E-state index is 0.364. The molecule has 0 fully saturated rings. The fourth-order valence-corrected chi connectivity index (χ4v) is 2.47. The van der Waals surface area contributed by atoms with Gasteiger partial charge in [-0.1, -0.05) is 41.9 Å². The largest absolute Gasteiger partial charge is 0.298 e. The Bertz CT molecular complexity index is 370. The molecule has 14 heavy (non-hydrogen) atoms. The first-order valence-electron chi connectivity index (χ1n) is 4.42. The molecule has 0 atom stereocenters. The van der Waals surface area contributed by atoms with Crippen molar-refractivity contribution in [3.63, 3.8) is 0 Å². The second kappa shape index (κ2) is 3.61. The first-order valence-corrected chi connectivity index (χ1v) is 5.54. The number of hydrogen-bond donors (Lipinski definition) is 0. The normalized spacial score (nSPS) is 20.2. The first-order chi connectivity index (χ1) is 6.61. The maximum atomic E-state index is 6.24. The maximum Gasteiger partial charge on any atom is 0.114 e. The maximum absolute atomic E-state index is 6.24. The van der Waals surface area contributed by atoms with Crippen LogP contribution in [0.1, 0.15) is 19.4 Å². The third-order valence-corrected chi connectivity index (χ3v) is 3.96. The van der Waals surface area contributed by atoms with Crippen LogP contribution in [0, 0.1) is 0 Å². The van der Waals surface area contributed by atoms with Crippen LogP contribution in [0.4, 0.5) is 0 Å². The average Bonchev–Trinajstić information content (AvgIpc) is 2.44. The molecule has 0 amide bonds. The zero-order valence-electron chi connectivity index (χ0n) is 8.08. The molecule has 1 aliphatic rings. The van der Waals surface area contributed by atoms with E-state index in [0.29, 0.717) is 0 Å². The molecule has 0 saturated heterocycles. The molecule has 0 unspecified atom stereocenters. The molecule has 0 N–H and O–H groups in total. The Morgan fingerprint density at radius 1 is 1.21 bits per heavy atom. The predicted octanol–water partition coefficient (Wildman–Crippen LogP) is 4.05. The zero-order chi connectivity index (χ0) is 10.2. The highest BCUT2D eigenvalue weighted by Gasteiger charge is 2.34. The summed E-state index contributed by atoms with van der Waals surface area (Å²) in [5.41, 5.74) is 0.755. The van der Waals surface area contributed by atoms with Gasteiger partial charge >= 0.3 is 0 Å². The summed E-state index contributed by atoms with van der Waals surface area (Å²) in [5.74, 6) is 0. The number of hydrogen-bond acceptors (Lipinski definition) is 2. The van der Waals surface area contributed by atoms with Gasteiger partial charge in [-0.3, -0.25) is 4.18 Å². The van der Waals surface area contributed by atoms with Gasteiger partial charge in [-0.25, -0.2) is 0 Å². The molecule has 0 aliphatic carbocycles. The van der Waals surface area contributed by atoms with Crippen molar-refractivity contribution in [1.29, 1.82) is 0 Å². The summed E-state index contributed by atoms with van der Waals surface area (Å²) in [6, 6.07) is 10.1. The van der Waals surface area contributed by atoms with E-state index >= 15 is 0 Å². The van der Waals surface area contributed by atoms with Gasteiger partial charge in [0.05, 0.1) is 9.94 Å². The van der Waals surface area contributed by atoms with E-state index in [0.717, 1.165) is 15.5 Å². The van der Waals surface area contributed by atoms with E-state index in [-0.39, 0.29) is 5.60 Å². The molecule has 1 heterocycles. The Morgan fingerprint density at radius 2 is 1.86 bits per heavy atom. The lowest BCUT2D eigenvalue weighted by atomic mass is 10.1. The second-order valence-electron chi connectivity index (χ2n) is 3.69. The van der Waals surface area contributed by atoms with E-state index in [1.54, 1.807) is 0 Å². The lowest BCUT2D eigenvalue weighted by Crippen LogP contribution is -2.17. The molecule has 1 aromatic rings. The molecule has 0 spiro atoms. The van der Waals surface area contributed by atoms with E-state index in [4.69, 9.17) is 15.8 Å². The molecular weight excluding hydrogens is 216 g/mol. The van der Waals surface area contributed by atoms with Gasteiger partial charge in [-0.2, -0.15) is 0 Å². The number of rotatable bonds is 1. The Labute approximate surface area is 93.3 Å². The van der Waals surface area contributed by atoms with Crippen molar-refractivity contribution in [2.24, 2.45) is 0 Å². The highest BCUT2D eigenvalue weighted by molar-refractivity contribution is 8.04. The molecule has 1 aromatic carbocycles. The molecule has 1 aliphatic heterocycles. The average molecular weight is 227 g/mol. The smallest absolute Gasteiger partial charge is 0.114 e. The zero-order valence-corrected chi connectivity index (χ0v) is 9.65. The number of halogens is 1. The molecule has 0 aromatic heterocycles. The van der Waals surface area contributed by atoms with Gasteiger partial charge in [0.15, 0.2) is 0 Å². The minimum atomic E-state index is -0.364. The summed E-state index contributed by atoms with van der Waals surface area (Å²) in [4.78, 5) is 1.03. The van der Waals surface area contributed by atoms with E-state index in [2.05, 4.69) is 0 Å². The highest BCUT2D eigenvalue weighted by Crippen LogP contribution is 2.48. The molecule has 74 valence electrons. The molecule has 2 rings (SSSR count). The lowest BCUT2D eigenvalue weighted by molar-refractivity contribution is 0.204. The van der Waals surface area contributed by atoms with Crippen molar-refractivity contribution < 1.29 is 4.18 Å². The fourth-order valence-electron chi connectivity index (χ4n) is 1.26.